The Labute approximate surface area is 157 Å². The van der Waals surface area contributed by atoms with Gasteiger partial charge in [0.05, 0.1) is 12.1 Å². The predicted molar refractivity (Wildman–Crippen MR) is 101 cm³/mol. The number of pyridine rings is 1. The van der Waals surface area contributed by atoms with Gasteiger partial charge >= 0.3 is 5.97 Å². The van der Waals surface area contributed by atoms with Crippen molar-refractivity contribution >= 4 is 22.8 Å². The van der Waals surface area contributed by atoms with Crippen LogP contribution >= 0.6 is 0 Å². The Balaban J connectivity index is 1.81. The topological polar surface area (TPSA) is 112 Å². The minimum absolute atomic E-state index is 0.114. The van der Waals surface area contributed by atoms with Crippen molar-refractivity contribution in [2.24, 2.45) is 0 Å². The highest BCUT2D eigenvalue weighted by molar-refractivity contribution is 5.87. The fourth-order valence-corrected chi connectivity index (χ4v) is 3.64. The van der Waals surface area contributed by atoms with Gasteiger partial charge in [0.2, 0.25) is 5.91 Å². The molecule has 7 heteroatoms. The molecule has 7 nitrogen and oxygen atoms in total. The summed E-state index contributed by atoms with van der Waals surface area (Å²) in [6.45, 7) is 2.62. The number of carboxylic acids is 1. The van der Waals surface area contributed by atoms with Gasteiger partial charge in [0.15, 0.2) is 0 Å². The zero-order valence-electron chi connectivity index (χ0n) is 15.4. The van der Waals surface area contributed by atoms with E-state index in [1.807, 2.05) is 31.2 Å². The summed E-state index contributed by atoms with van der Waals surface area (Å²) in [7, 11) is 0. The van der Waals surface area contributed by atoms with Gasteiger partial charge in [0, 0.05) is 30.0 Å². The van der Waals surface area contributed by atoms with Gasteiger partial charge in [-0.25, -0.2) is 4.79 Å². The van der Waals surface area contributed by atoms with Crippen molar-refractivity contribution in [3.8, 4) is 0 Å². The molecule has 1 aliphatic heterocycles. The van der Waals surface area contributed by atoms with Crippen molar-refractivity contribution in [1.29, 1.82) is 0 Å². The van der Waals surface area contributed by atoms with Crippen LogP contribution in [0.3, 0.4) is 0 Å². The maximum Gasteiger partial charge on any atom is 0.326 e. The first-order valence-electron chi connectivity index (χ1n) is 9.22. The van der Waals surface area contributed by atoms with E-state index in [0.29, 0.717) is 5.52 Å². The number of carbonyl (C=O) groups is 2. The maximum absolute atomic E-state index is 12.3. The number of hydrogen-bond acceptors (Lipinski definition) is 5. The Kier molecular flexibility index (Phi) is 6.03. The molecule has 27 heavy (non-hydrogen) atoms. The van der Waals surface area contributed by atoms with E-state index in [0.717, 1.165) is 41.6 Å². The number of aliphatic hydroxyl groups is 1. The molecule has 1 fully saturated rings. The van der Waals surface area contributed by atoms with Crippen molar-refractivity contribution in [1.82, 2.24) is 15.6 Å². The molecule has 1 saturated heterocycles. The van der Waals surface area contributed by atoms with E-state index < -0.39 is 12.0 Å². The van der Waals surface area contributed by atoms with Crippen LogP contribution in [-0.4, -0.2) is 45.7 Å². The molecule has 1 aromatic heterocycles. The van der Waals surface area contributed by atoms with E-state index in [4.69, 9.17) is 0 Å². The van der Waals surface area contributed by atoms with Crippen LogP contribution in [0.1, 0.15) is 36.1 Å². The van der Waals surface area contributed by atoms with Gasteiger partial charge in [0.1, 0.15) is 6.04 Å². The summed E-state index contributed by atoms with van der Waals surface area (Å²) in [6, 6.07) is 6.40. The average Bonchev–Trinajstić information content (AvgIpc) is 3.13. The van der Waals surface area contributed by atoms with E-state index in [2.05, 4.69) is 15.6 Å². The third kappa shape index (κ3) is 4.61. The first-order chi connectivity index (χ1) is 13.0. The molecule has 2 atom stereocenters. The Morgan fingerprint density at radius 3 is 2.85 bits per heavy atom. The molecular formula is C20H25N3O4. The molecule has 0 radical (unpaired) electrons. The molecule has 0 unspecified atom stereocenters. The van der Waals surface area contributed by atoms with Crippen LogP contribution in [0.5, 0.6) is 0 Å². The van der Waals surface area contributed by atoms with E-state index >= 15 is 0 Å². The fourth-order valence-electron chi connectivity index (χ4n) is 3.64. The number of carboxylic acid groups (broad SMARTS) is 1. The third-order valence-electron chi connectivity index (χ3n) is 4.96. The molecule has 4 N–H and O–H groups in total. The lowest BCUT2D eigenvalue weighted by Gasteiger charge is -2.18. The summed E-state index contributed by atoms with van der Waals surface area (Å²) >= 11 is 0. The Morgan fingerprint density at radius 2 is 2.19 bits per heavy atom. The summed E-state index contributed by atoms with van der Waals surface area (Å²) in [5.41, 5.74) is 2.90. The van der Waals surface area contributed by atoms with Crippen LogP contribution < -0.4 is 10.6 Å². The normalized spacial score (nSPS) is 17.8. The van der Waals surface area contributed by atoms with Crippen LogP contribution in [0.4, 0.5) is 0 Å². The predicted octanol–water partition coefficient (Wildman–Crippen LogP) is 1.29. The number of aromatic nitrogens is 1. The summed E-state index contributed by atoms with van der Waals surface area (Å²) in [5, 5.41) is 25.9. The molecule has 0 saturated carbocycles. The SMILES string of the molecule is Cc1cc(CO)c2cccc(C[C@H](NC(=O)C[C@H]3CCCN3)C(=O)O)c2n1. The Morgan fingerprint density at radius 1 is 1.37 bits per heavy atom. The molecule has 1 aromatic carbocycles. The van der Waals surface area contributed by atoms with Crippen LogP contribution in [0.15, 0.2) is 24.3 Å². The average molecular weight is 371 g/mol. The van der Waals surface area contributed by atoms with Crippen LogP contribution in [0, 0.1) is 6.92 Å². The molecule has 2 heterocycles. The standard InChI is InChI=1S/C20H25N3O4/c1-12-8-14(11-24)16-6-2-4-13(19(16)22-12)9-17(20(26)27)23-18(25)10-15-5-3-7-21-15/h2,4,6,8,15,17,21,24H,3,5,7,9-11H2,1H3,(H,23,25)(H,26,27)/t15-,17+/m1/s1. The Bertz CT molecular complexity index is 846. The molecule has 3 rings (SSSR count). The lowest BCUT2D eigenvalue weighted by molar-refractivity contribution is -0.141. The lowest BCUT2D eigenvalue weighted by Crippen LogP contribution is -2.44. The van der Waals surface area contributed by atoms with Crippen molar-refractivity contribution in [3.05, 3.63) is 41.1 Å². The quantitative estimate of drug-likeness (QED) is 0.584. The molecule has 0 spiro atoms. The number of rotatable bonds is 7. The molecular weight excluding hydrogens is 346 g/mol. The van der Waals surface area contributed by atoms with E-state index in [1.54, 1.807) is 0 Å². The smallest absolute Gasteiger partial charge is 0.326 e. The van der Waals surface area contributed by atoms with Crippen LogP contribution in [-0.2, 0) is 22.6 Å². The minimum Gasteiger partial charge on any atom is -0.480 e. The summed E-state index contributed by atoms with van der Waals surface area (Å²) < 4.78 is 0. The number of nitrogens with one attached hydrogen (secondary N) is 2. The summed E-state index contributed by atoms with van der Waals surface area (Å²) in [6.07, 6.45) is 2.39. The second-order valence-electron chi connectivity index (χ2n) is 7.05. The number of para-hydroxylation sites is 1. The van der Waals surface area contributed by atoms with Gasteiger partial charge < -0.3 is 20.8 Å². The highest BCUT2D eigenvalue weighted by Gasteiger charge is 2.24. The molecule has 144 valence electrons. The number of carbonyl (C=O) groups excluding carboxylic acids is 1. The van der Waals surface area contributed by atoms with E-state index in [-0.39, 0.29) is 31.4 Å². The highest BCUT2D eigenvalue weighted by Crippen LogP contribution is 2.23. The van der Waals surface area contributed by atoms with Crippen molar-refractivity contribution in [2.75, 3.05) is 6.54 Å². The fraction of sp³-hybridized carbons (Fsp3) is 0.450. The number of fused-ring (bicyclic) bond motifs is 1. The lowest BCUT2D eigenvalue weighted by atomic mass is 9.99. The number of hydrogen-bond donors (Lipinski definition) is 4. The Hall–Kier alpha value is -2.51. The van der Waals surface area contributed by atoms with Gasteiger partial charge in [-0.1, -0.05) is 18.2 Å². The second kappa shape index (κ2) is 8.45. The maximum atomic E-state index is 12.3. The number of amides is 1. The van der Waals surface area contributed by atoms with Gasteiger partial charge in [0.25, 0.3) is 0 Å². The minimum atomic E-state index is -1.07. The zero-order chi connectivity index (χ0) is 19.4. The number of aryl methyl sites for hydroxylation is 1. The van der Waals surface area contributed by atoms with Gasteiger partial charge in [-0.2, -0.15) is 0 Å². The second-order valence-corrected chi connectivity index (χ2v) is 7.05. The monoisotopic (exact) mass is 371 g/mol. The number of benzene rings is 1. The first kappa shape index (κ1) is 19.3. The van der Waals surface area contributed by atoms with Crippen molar-refractivity contribution < 1.29 is 19.8 Å². The van der Waals surface area contributed by atoms with Crippen molar-refractivity contribution in [2.45, 2.75) is 51.3 Å². The number of aliphatic carboxylic acids is 1. The molecule has 1 aliphatic rings. The highest BCUT2D eigenvalue weighted by atomic mass is 16.4. The summed E-state index contributed by atoms with van der Waals surface area (Å²) in [5.74, 6) is -1.34. The molecule has 2 aromatic rings. The number of nitrogens with zero attached hydrogens (tertiary/aromatic N) is 1. The molecule has 0 aliphatic carbocycles. The van der Waals surface area contributed by atoms with Crippen LogP contribution in [0.2, 0.25) is 0 Å². The first-order valence-corrected chi connectivity index (χ1v) is 9.22. The van der Waals surface area contributed by atoms with Gasteiger partial charge in [-0.15, -0.1) is 0 Å². The number of aliphatic hydroxyl groups excluding tert-OH is 1. The molecule has 0 bridgehead atoms. The van der Waals surface area contributed by atoms with E-state index in [9.17, 15) is 19.8 Å². The van der Waals surface area contributed by atoms with Gasteiger partial charge in [-0.3, -0.25) is 9.78 Å². The van der Waals surface area contributed by atoms with Gasteiger partial charge in [-0.05, 0) is 43.5 Å². The zero-order valence-corrected chi connectivity index (χ0v) is 15.4. The molecule has 1 amide bonds. The van der Waals surface area contributed by atoms with Crippen molar-refractivity contribution in [3.63, 3.8) is 0 Å². The largest absolute Gasteiger partial charge is 0.480 e. The van der Waals surface area contributed by atoms with Crippen LogP contribution in [0.25, 0.3) is 10.9 Å². The van der Waals surface area contributed by atoms with E-state index in [1.165, 1.54) is 0 Å². The summed E-state index contributed by atoms with van der Waals surface area (Å²) in [4.78, 5) is 28.5. The third-order valence-corrected chi connectivity index (χ3v) is 4.96.